The van der Waals surface area contributed by atoms with Gasteiger partial charge in [0.1, 0.15) is 0 Å². The lowest BCUT2D eigenvalue weighted by molar-refractivity contribution is 0.252. The summed E-state index contributed by atoms with van der Waals surface area (Å²) in [4.78, 5) is 18.6. The molecule has 1 aromatic heterocycles. The molecule has 2 fully saturated rings. The molecule has 1 saturated heterocycles. The van der Waals surface area contributed by atoms with Gasteiger partial charge in [0.15, 0.2) is 5.75 Å². The molecule has 1 aromatic carbocycles. The number of benzene rings is 1. The topological polar surface area (TPSA) is 92.4 Å². The van der Waals surface area contributed by atoms with Crippen LogP contribution in [0.25, 0.3) is 0 Å². The zero-order chi connectivity index (χ0) is 23.4. The third-order valence-electron chi connectivity index (χ3n) is 6.88. The number of ether oxygens (including phenoxy) is 1. The molecule has 1 saturated carbocycles. The fourth-order valence-corrected chi connectivity index (χ4v) is 4.79. The van der Waals surface area contributed by atoms with E-state index in [1.165, 1.54) is 25.7 Å². The average Bonchev–Trinajstić information content (AvgIpc) is 3.08. The Morgan fingerprint density at radius 3 is 2.45 bits per heavy atom. The molecule has 1 aliphatic heterocycles. The Morgan fingerprint density at radius 1 is 1.06 bits per heavy atom. The summed E-state index contributed by atoms with van der Waals surface area (Å²) < 4.78 is 6.05. The minimum Gasteiger partial charge on any atom is -0.422 e. The zero-order valence-electron chi connectivity index (χ0n) is 20.0. The van der Waals surface area contributed by atoms with Crippen molar-refractivity contribution in [2.45, 2.75) is 70.4 Å². The van der Waals surface area contributed by atoms with Gasteiger partial charge in [-0.05, 0) is 64.4 Å². The predicted octanol–water partition coefficient (Wildman–Crippen LogP) is 4.87. The number of rotatable bonds is 6. The Balaban J connectivity index is 1.61. The van der Waals surface area contributed by atoms with Crippen LogP contribution in [-0.2, 0) is 0 Å². The normalized spacial score (nSPS) is 18.7. The summed E-state index contributed by atoms with van der Waals surface area (Å²) in [6.45, 7) is 4.04. The summed E-state index contributed by atoms with van der Waals surface area (Å²) in [6.07, 6.45) is 9.44. The van der Waals surface area contributed by atoms with Gasteiger partial charge in [0, 0.05) is 19.1 Å². The Hall–Kier alpha value is -2.32. The predicted molar refractivity (Wildman–Crippen MR) is 135 cm³/mol. The second-order valence-electron chi connectivity index (χ2n) is 9.43. The highest BCUT2D eigenvalue weighted by atomic mass is 35.5. The van der Waals surface area contributed by atoms with Crippen LogP contribution >= 0.6 is 11.6 Å². The number of aromatic nitrogens is 3. The molecule has 3 N–H and O–H groups in total. The Bertz CT molecular complexity index is 941. The standard InChI is InChI=1S/C24H36ClN7O/c1-16-10-11-19(21(26)20(16)25)33-24-29-22(27-17-8-6-4-5-7-9-17)28-23(30-24)32(3)18-12-14-31(2)15-13-18/h10-11,17-18H,4-9,12-15,26H2,1-3H3,(H,27,28,29,30). The van der Waals surface area contributed by atoms with Crippen molar-refractivity contribution in [1.29, 1.82) is 0 Å². The molecule has 0 radical (unpaired) electrons. The fraction of sp³-hybridized carbons (Fsp3) is 0.625. The molecule has 0 unspecified atom stereocenters. The molecule has 0 spiro atoms. The number of nitrogens with one attached hydrogen (secondary N) is 1. The van der Waals surface area contributed by atoms with E-state index in [0.717, 1.165) is 44.3 Å². The maximum absolute atomic E-state index is 6.34. The third-order valence-corrected chi connectivity index (χ3v) is 7.38. The van der Waals surface area contributed by atoms with E-state index in [2.05, 4.69) is 39.2 Å². The van der Waals surface area contributed by atoms with E-state index in [9.17, 15) is 0 Å². The number of nitrogens with zero attached hydrogens (tertiary/aromatic N) is 5. The van der Waals surface area contributed by atoms with Gasteiger partial charge in [0.05, 0.1) is 10.7 Å². The van der Waals surface area contributed by atoms with E-state index < -0.39 is 0 Å². The molecule has 2 heterocycles. The first-order valence-electron chi connectivity index (χ1n) is 12.1. The molecule has 180 valence electrons. The average molecular weight is 474 g/mol. The summed E-state index contributed by atoms with van der Waals surface area (Å²) in [5.41, 5.74) is 7.49. The maximum Gasteiger partial charge on any atom is 0.328 e. The van der Waals surface area contributed by atoms with Crippen LogP contribution in [0.2, 0.25) is 5.02 Å². The van der Waals surface area contributed by atoms with E-state index in [4.69, 9.17) is 27.1 Å². The second kappa shape index (κ2) is 10.7. The van der Waals surface area contributed by atoms with Gasteiger partial charge >= 0.3 is 6.01 Å². The number of anilines is 3. The number of nitrogens with two attached hydrogens (primary N) is 1. The zero-order valence-corrected chi connectivity index (χ0v) is 20.7. The first kappa shape index (κ1) is 23.8. The number of nitrogen functional groups attached to an aromatic ring is 1. The van der Waals surface area contributed by atoms with Gasteiger partial charge in [0.2, 0.25) is 11.9 Å². The van der Waals surface area contributed by atoms with Crippen LogP contribution in [0.5, 0.6) is 11.8 Å². The van der Waals surface area contributed by atoms with Crippen LogP contribution in [0.4, 0.5) is 17.6 Å². The number of hydrogen-bond donors (Lipinski definition) is 2. The second-order valence-corrected chi connectivity index (χ2v) is 9.81. The summed E-state index contributed by atoms with van der Waals surface area (Å²) >= 11 is 6.34. The lowest BCUT2D eigenvalue weighted by Gasteiger charge is -2.35. The lowest BCUT2D eigenvalue weighted by Crippen LogP contribution is -2.42. The van der Waals surface area contributed by atoms with E-state index in [1.807, 2.05) is 13.0 Å². The number of halogens is 1. The third kappa shape index (κ3) is 5.98. The summed E-state index contributed by atoms with van der Waals surface area (Å²) in [5.74, 6) is 1.62. The molecule has 4 rings (SSSR count). The van der Waals surface area contributed by atoms with Crippen molar-refractivity contribution in [2.75, 3.05) is 43.1 Å². The lowest BCUT2D eigenvalue weighted by atomic mass is 10.0. The molecule has 0 bridgehead atoms. The smallest absolute Gasteiger partial charge is 0.328 e. The van der Waals surface area contributed by atoms with Gasteiger partial charge in [-0.25, -0.2) is 0 Å². The Kier molecular flexibility index (Phi) is 7.75. The molecule has 9 heteroatoms. The van der Waals surface area contributed by atoms with E-state index in [0.29, 0.717) is 40.4 Å². The highest BCUT2D eigenvalue weighted by Gasteiger charge is 2.24. The quantitative estimate of drug-likeness (QED) is 0.453. The van der Waals surface area contributed by atoms with Crippen molar-refractivity contribution in [3.05, 3.63) is 22.7 Å². The maximum atomic E-state index is 6.34. The molecular formula is C24H36ClN7O. The minimum absolute atomic E-state index is 0.225. The summed E-state index contributed by atoms with van der Waals surface area (Å²) in [7, 11) is 4.22. The van der Waals surface area contributed by atoms with E-state index in [1.54, 1.807) is 6.07 Å². The molecule has 0 amide bonds. The van der Waals surface area contributed by atoms with Crippen molar-refractivity contribution in [1.82, 2.24) is 19.9 Å². The number of likely N-dealkylation sites (tertiary alicyclic amines) is 1. The molecule has 2 aliphatic rings. The number of piperidine rings is 1. The molecular weight excluding hydrogens is 438 g/mol. The summed E-state index contributed by atoms with van der Waals surface area (Å²) in [5, 5.41) is 4.04. The van der Waals surface area contributed by atoms with Gasteiger partial charge in [-0.15, -0.1) is 0 Å². The van der Waals surface area contributed by atoms with Gasteiger partial charge in [-0.1, -0.05) is 43.4 Å². The van der Waals surface area contributed by atoms with E-state index in [-0.39, 0.29) is 6.01 Å². The van der Waals surface area contributed by atoms with Crippen molar-refractivity contribution in [3.63, 3.8) is 0 Å². The SMILES string of the molecule is Cc1ccc(Oc2nc(NC3CCCCCC3)nc(N(C)C3CCN(C)CC3)n2)c(N)c1Cl. The van der Waals surface area contributed by atoms with Crippen molar-refractivity contribution >= 4 is 29.2 Å². The van der Waals surface area contributed by atoms with Crippen LogP contribution in [-0.4, -0.2) is 59.1 Å². The van der Waals surface area contributed by atoms with E-state index >= 15 is 0 Å². The first-order valence-corrected chi connectivity index (χ1v) is 12.4. The van der Waals surface area contributed by atoms with Crippen molar-refractivity contribution in [3.8, 4) is 11.8 Å². The van der Waals surface area contributed by atoms with Crippen molar-refractivity contribution in [2.24, 2.45) is 0 Å². The number of hydrogen-bond acceptors (Lipinski definition) is 8. The van der Waals surface area contributed by atoms with Crippen LogP contribution in [0.1, 0.15) is 56.9 Å². The fourth-order valence-electron chi connectivity index (χ4n) is 4.64. The highest BCUT2D eigenvalue weighted by molar-refractivity contribution is 6.34. The van der Waals surface area contributed by atoms with Crippen LogP contribution in [0.15, 0.2) is 12.1 Å². The highest BCUT2D eigenvalue weighted by Crippen LogP contribution is 2.35. The molecule has 2 aromatic rings. The van der Waals surface area contributed by atoms with Crippen LogP contribution in [0, 0.1) is 6.92 Å². The molecule has 0 atom stereocenters. The Labute approximate surface area is 201 Å². The first-order chi connectivity index (χ1) is 15.9. The van der Waals surface area contributed by atoms with Gasteiger partial charge in [-0.3, -0.25) is 0 Å². The largest absolute Gasteiger partial charge is 0.422 e. The van der Waals surface area contributed by atoms with Crippen LogP contribution in [0.3, 0.4) is 0 Å². The van der Waals surface area contributed by atoms with Crippen LogP contribution < -0.4 is 20.7 Å². The summed E-state index contributed by atoms with van der Waals surface area (Å²) in [6, 6.07) is 4.65. The van der Waals surface area contributed by atoms with Gasteiger partial charge in [0.25, 0.3) is 0 Å². The number of aryl methyl sites for hydroxylation is 1. The molecule has 8 nitrogen and oxygen atoms in total. The van der Waals surface area contributed by atoms with Gasteiger partial charge in [-0.2, -0.15) is 15.0 Å². The minimum atomic E-state index is 0.225. The molecule has 33 heavy (non-hydrogen) atoms. The van der Waals surface area contributed by atoms with Crippen molar-refractivity contribution < 1.29 is 4.74 Å². The van der Waals surface area contributed by atoms with Gasteiger partial charge < -0.3 is 25.6 Å². The Morgan fingerprint density at radius 2 is 1.76 bits per heavy atom. The molecule has 1 aliphatic carbocycles. The monoisotopic (exact) mass is 473 g/mol.